The number of nitrogens with zero attached hydrogens (tertiary/aromatic N) is 1. The van der Waals surface area contributed by atoms with Gasteiger partial charge < -0.3 is 20.5 Å². The Morgan fingerprint density at radius 3 is 2.58 bits per heavy atom. The number of nitrogens with two attached hydrogens (primary N) is 1. The van der Waals surface area contributed by atoms with Crippen LogP contribution in [0.15, 0.2) is 41.3 Å². The zero-order valence-corrected chi connectivity index (χ0v) is 19.4. The van der Waals surface area contributed by atoms with Gasteiger partial charge in [-0.25, -0.2) is 17.5 Å². The monoisotopic (exact) mass is 495 g/mol. The molecule has 0 bridgehead atoms. The van der Waals surface area contributed by atoms with Crippen LogP contribution in [0.1, 0.15) is 15.9 Å². The molecule has 3 N–H and O–H groups in total. The largest absolute Gasteiger partial charge is 0.496 e. The van der Waals surface area contributed by atoms with E-state index in [1.165, 1.54) is 13.2 Å². The molecule has 0 aromatic heterocycles. The fraction of sp³-hybridized carbons (Fsp3) is 0.286. The average molecular weight is 496 g/mol. The Labute approximate surface area is 195 Å². The molecule has 12 heteroatoms. The van der Waals surface area contributed by atoms with Crippen LogP contribution in [0.25, 0.3) is 0 Å². The van der Waals surface area contributed by atoms with E-state index in [4.69, 9.17) is 22.1 Å². The van der Waals surface area contributed by atoms with Gasteiger partial charge in [0.2, 0.25) is 11.8 Å². The van der Waals surface area contributed by atoms with Crippen molar-refractivity contribution in [3.8, 4) is 5.75 Å². The van der Waals surface area contributed by atoms with Crippen LogP contribution in [0, 0.1) is 5.92 Å². The summed E-state index contributed by atoms with van der Waals surface area (Å²) in [4.78, 5) is 36.9. The second-order valence-corrected chi connectivity index (χ2v) is 9.55. The number of halogens is 1. The van der Waals surface area contributed by atoms with Crippen LogP contribution in [-0.4, -0.2) is 57.8 Å². The number of hydrogen-bond acceptors (Lipinski definition) is 8. The van der Waals surface area contributed by atoms with Gasteiger partial charge in [-0.3, -0.25) is 9.59 Å². The number of amides is 2. The molecule has 0 aliphatic carbocycles. The van der Waals surface area contributed by atoms with Crippen molar-refractivity contribution in [2.45, 2.75) is 11.3 Å². The Hall–Kier alpha value is -3.31. The van der Waals surface area contributed by atoms with E-state index < -0.39 is 40.3 Å². The van der Waals surface area contributed by atoms with E-state index in [1.807, 2.05) is 0 Å². The van der Waals surface area contributed by atoms with Gasteiger partial charge in [-0.05, 0) is 48.4 Å². The minimum atomic E-state index is -4.45. The highest BCUT2D eigenvalue weighted by Crippen LogP contribution is 2.28. The molecule has 0 radical (unpaired) electrons. The van der Waals surface area contributed by atoms with Gasteiger partial charge in [0, 0.05) is 17.3 Å². The zero-order valence-electron chi connectivity index (χ0n) is 17.8. The van der Waals surface area contributed by atoms with Crippen LogP contribution < -0.4 is 15.8 Å². The van der Waals surface area contributed by atoms with E-state index in [0.29, 0.717) is 20.6 Å². The predicted molar refractivity (Wildman–Crippen MR) is 119 cm³/mol. The van der Waals surface area contributed by atoms with E-state index in [-0.39, 0.29) is 29.1 Å². The van der Waals surface area contributed by atoms with Crippen molar-refractivity contribution < 1.29 is 32.3 Å². The first kappa shape index (κ1) is 24.3. The first-order valence-corrected chi connectivity index (χ1v) is 11.5. The summed E-state index contributed by atoms with van der Waals surface area (Å²) < 4.78 is 37.0. The van der Waals surface area contributed by atoms with E-state index >= 15 is 0 Å². The van der Waals surface area contributed by atoms with E-state index in [9.17, 15) is 22.8 Å². The van der Waals surface area contributed by atoms with Gasteiger partial charge in [0.25, 0.3) is 10.0 Å². The molecular weight excluding hydrogens is 474 g/mol. The van der Waals surface area contributed by atoms with Crippen LogP contribution in [0.5, 0.6) is 5.75 Å². The number of benzene rings is 2. The summed E-state index contributed by atoms with van der Waals surface area (Å²) in [5.41, 5.74) is 6.24. The SMILES string of the molecule is COC(=O)c1ccc(S(=O)(=O)N2CC(=O)NCC(Cc3cc(Cl)ccc3OC)C2=O)cc1N. The molecule has 0 spiro atoms. The van der Waals surface area contributed by atoms with Gasteiger partial charge in [0.15, 0.2) is 0 Å². The number of nitrogens with one attached hydrogen (secondary N) is 1. The Bertz CT molecular complexity index is 1220. The van der Waals surface area contributed by atoms with Gasteiger partial charge in [-0.15, -0.1) is 0 Å². The molecule has 1 fully saturated rings. The number of rotatable bonds is 6. The van der Waals surface area contributed by atoms with Crippen molar-refractivity contribution >= 4 is 45.1 Å². The van der Waals surface area contributed by atoms with Crippen molar-refractivity contribution in [3.05, 3.63) is 52.5 Å². The Kier molecular flexibility index (Phi) is 7.13. The number of nitrogen functional groups attached to an aromatic ring is 1. The topological polar surface area (TPSA) is 145 Å². The quantitative estimate of drug-likeness (QED) is 0.449. The first-order chi connectivity index (χ1) is 15.6. The number of esters is 1. The van der Waals surface area contributed by atoms with Crippen molar-refractivity contribution in [2.75, 3.05) is 33.0 Å². The molecule has 0 saturated carbocycles. The maximum absolute atomic E-state index is 13.3. The maximum Gasteiger partial charge on any atom is 0.339 e. The highest BCUT2D eigenvalue weighted by molar-refractivity contribution is 7.89. The summed E-state index contributed by atoms with van der Waals surface area (Å²) in [7, 11) is -1.83. The molecule has 2 amide bonds. The summed E-state index contributed by atoms with van der Waals surface area (Å²) in [5, 5.41) is 2.99. The van der Waals surface area contributed by atoms with Crippen molar-refractivity contribution in [1.29, 1.82) is 0 Å². The van der Waals surface area contributed by atoms with Crippen LogP contribution in [-0.2, 0) is 30.8 Å². The van der Waals surface area contributed by atoms with E-state index in [0.717, 1.165) is 19.2 Å². The molecule has 33 heavy (non-hydrogen) atoms. The molecule has 2 aromatic rings. The Balaban J connectivity index is 1.97. The predicted octanol–water partition coefficient (Wildman–Crippen LogP) is 1.22. The second-order valence-electron chi connectivity index (χ2n) is 7.25. The number of sulfonamides is 1. The second kappa shape index (κ2) is 9.67. The normalized spacial score (nSPS) is 16.7. The molecule has 1 unspecified atom stereocenters. The molecule has 2 aromatic carbocycles. The van der Waals surface area contributed by atoms with E-state index in [1.54, 1.807) is 18.2 Å². The summed E-state index contributed by atoms with van der Waals surface area (Å²) in [5.74, 6) is -2.57. The maximum atomic E-state index is 13.3. The molecule has 1 heterocycles. The summed E-state index contributed by atoms with van der Waals surface area (Å²) >= 11 is 6.06. The lowest BCUT2D eigenvalue weighted by Crippen LogP contribution is -2.42. The molecule has 1 aliphatic rings. The minimum absolute atomic E-state index is 0.0256. The Morgan fingerprint density at radius 1 is 1.21 bits per heavy atom. The highest BCUT2D eigenvalue weighted by atomic mass is 35.5. The summed E-state index contributed by atoms with van der Waals surface area (Å²) in [6.07, 6.45) is 0.0816. The number of anilines is 1. The van der Waals surface area contributed by atoms with Gasteiger partial charge in [-0.1, -0.05) is 11.6 Å². The summed E-state index contributed by atoms with van der Waals surface area (Å²) in [6, 6.07) is 8.24. The molecular formula is C21H22ClN3O7S. The van der Waals surface area contributed by atoms with Gasteiger partial charge in [0.05, 0.1) is 30.6 Å². The van der Waals surface area contributed by atoms with Gasteiger partial charge in [0.1, 0.15) is 12.3 Å². The minimum Gasteiger partial charge on any atom is -0.496 e. The third-order valence-corrected chi connectivity index (χ3v) is 7.13. The highest BCUT2D eigenvalue weighted by Gasteiger charge is 2.38. The molecule has 1 atom stereocenters. The van der Waals surface area contributed by atoms with Crippen molar-refractivity contribution in [1.82, 2.24) is 9.62 Å². The standard InChI is InChI=1S/C21H22ClN3O7S/c1-31-18-6-3-14(22)8-12(18)7-13-10-24-19(26)11-25(20(13)27)33(29,30)15-4-5-16(17(23)9-15)21(28)32-2/h3-6,8-9,13H,7,10-11,23H2,1-2H3,(H,24,26). The molecule has 3 rings (SSSR count). The number of carbonyl (C=O) groups is 3. The lowest BCUT2D eigenvalue weighted by Gasteiger charge is -2.23. The molecule has 176 valence electrons. The van der Waals surface area contributed by atoms with Crippen LogP contribution in [0.4, 0.5) is 5.69 Å². The van der Waals surface area contributed by atoms with Crippen molar-refractivity contribution in [3.63, 3.8) is 0 Å². The van der Waals surface area contributed by atoms with Crippen molar-refractivity contribution in [2.24, 2.45) is 5.92 Å². The van der Waals surface area contributed by atoms with E-state index in [2.05, 4.69) is 10.1 Å². The zero-order chi connectivity index (χ0) is 24.3. The third kappa shape index (κ3) is 5.04. The number of methoxy groups -OCH3 is 2. The van der Waals surface area contributed by atoms with Crippen LogP contribution in [0.2, 0.25) is 5.02 Å². The third-order valence-electron chi connectivity index (χ3n) is 5.15. The first-order valence-electron chi connectivity index (χ1n) is 9.72. The molecule has 1 aliphatic heterocycles. The van der Waals surface area contributed by atoms with Crippen LogP contribution >= 0.6 is 11.6 Å². The van der Waals surface area contributed by atoms with Gasteiger partial charge >= 0.3 is 5.97 Å². The molecule has 10 nitrogen and oxygen atoms in total. The average Bonchev–Trinajstić information content (AvgIpc) is 2.92. The molecule has 1 saturated heterocycles. The number of hydrogen-bond donors (Lipinski definition) is 2. The summed E-state index contributed by atoms with van der Waals surface area (Å²) in [6.45, 7) is -0.758. The van der Waals surface area contributed by atoms with Gasteiger partial charge in [-0.2, -0.15) is 0 Å². The fourth-order valence-corrected chi connectivity index (χ4v) is 5.09. The number of ether oxygens (including phenoxy) is 2. The number of carbonyl (C=O) groups excluding carboxylic acids is 3. The Morgan fingerprint density at radius 2 is 1.94 bits per heavy atom. The lowest BCUT2D eigenvalue weighted by atomic mass is 9.98. The smallest absolute Gasteiger partial charge is 0.339 e. The van der Waals surface area contributed by atoms with Crippen LogP contribution in [0.3, 0.4) is 0 Å². The lowest BCUT2D eigenvalue weighted by molar-refractivity contribution is -0.131. The fourth-order valence-electron chi connectivity index (χ4n) is 3.45.